The molecule has 0 aliphatic rings. The Labute approximate surface area is 86.1 Å². The maximum Gasteiger partial charge on any atom is 0.127 e. The fourth-order valence-corrected chi connectivity index (χ4v) is 1.51. The van der Waals surface area contributed by atoms with E-state index >= 15 is 0 Å². The second kappa shape index (κ2) is 4.94. The number of benzene rings is 1. The van der Waals surface area contributed by atoms with Crippen LogP contribution in [-0.4, -0.2) is 6.29 Å². The van der Waals surface area contributed by atoms with Crippen LogP contribution < -0.4 is 0 Å². The number of hydrogen-bond acceptors (Lipinski definition) is 1. The van der Waals surface area contributed by atoms with Gasteiger partial charge < -0.3 is 4.79 Å². The second-order valence-electron chi connectivity index (χ2n) is 4.26. The summed E-state index contributed by atoms with van der Waals surface area (Å²) in [6.07, 6.45) is 2.09. The first-order valence-corrected chi connectivity index (χ1v) is 5.17. The molecule has 0 saturated heterocycles. The second-order valence-corrected chi connectivity index (χ2v) is 4.26. The molecule has 1 aromatic carbocycles. The molecule has 0 amide bonds. The number of rotatable bonds is 4. The maximum atomic E-state index is 10.6. The van der Waals surface area contributed by atoms with E-state index in [0.717, 1.165) is 18.3 Å². The third-order valence-corrected chi connectivity index (χ3v) is 2.35. The normalized spacial score (nSPS) is 12.9. The molecule has 1 atom stereocenters. The third-order valence-electron chi connectivity index (χ3n) is 2.35. The molecule has 0 fully saturated rings. The van der Waals surface area contributed by atoms with Gasteiger partial charge in [-0.3, -0.25) is 0 Å². The first kappa shape index (κ1) is 11.0. The Morgan fingerprint density at radius 1 is 1.14 bits per heavy atom. The standard InChI is InChI=1S/C13H18O/c1-10(2)8-12-4-6-13(7-5-12)11(3)9-14/h4-7,9-11H,8H2,1-3H3. The van der Waals surface area contributed by atoms with Gasteiger partial charge >= 0.3 is 0 Å². The Balaban J connectivity index is 2.73. The van der Waals surface area contributed by atoms with E-state index in [0.29, 0.717) is 5.92 Å². The third kappa shape index (κ3) is 2.99. The SMILES string of the molecule is CC(C)Cc1ccc(C(C)C=O)cc1. The molecule has 0 bridgehead atoms. The molecule has 0 aliphatic carbocycles. The highest BCUT2D eigenvalue weighted by Crippen LogP contribution is 2.15. The van der Waals surface area contributed by atoms with E-state index in [-0.39, 0.29) is 5.92 Å². The molecular weight excluding hydrogens is 172 g/mol. The van der Waals surface area contributed by atoms with E-state index in [1.807, 2.05) is 6.92 Å². The van der Waals surface area contributed by atoms with Crippen molar-refractivity contribution in [3.8, 4) is 0 Å². The Bertz CT molecular complexity index is 285. The van der Waals surface area contributed by atoms with Crippen molar-refractivity contribution in [3.63, 3.8) is 0 Å². The molecule has 14 heavy (non-hydrogen) atoms. The summed E-state index contributed by atoms with van der Waals surface area (Å²) in [5, 5.41) is 0. The van der Waals surface area contributed by atoms with Crippen LogP contribution in [0.25, 0.3) is 0 Å². The van der Waals surface area contributed by atoms with Crippen LogP contribution in [0.3, 0.4) is 0 Å². The van der Waals surface area contributed by atoms with Gasteiger partial charge in [0, 0.05) is 5.92 Å². The molecule has 1 nitrogen and oxygen atoms in total. The maximum absolute atomic E-state index is 10.6. The van der Waals surface area contributed by atoms with Crippen molar-refractivity contribution < 1.29 is 4.79 Å². The molecule has 0 radical (unpaired) electrons. The molecular formula is C13H18O. The van der Waals surface area contributed by atoms with Crippen molar-refractivity contribution in [2.75, 3.05) is 0 Å². The average Bonchev–Trinajstić information content (AvgIpc) is 2.17. The zero-order valence-electron chi connectivity index (χ0n) is 9.16. The molecule has 0 heterocycles. The summed E-state index contributed by atoms with van der Waals surface area (Å²) in [5.74, 6) is 0.701. The highest BCUT2D eigenvalue weighted by Gasteiger charge is 2.03. The molecule has 76 valence electrons. The highest BCUT2D eigenvalue weighted by atomic mass is 16.1. The number of carbonyl (C=O) groups is 1. The number of aldehydes is 1. The summed E-state index contributed by atoms with van der Waals surface area (Å²) in [4.78, 5) is 10.6. The fraction of sp³-hybridized carbons (Fsp3) is 0.462. The minimum absolute atomic E-state index is 0.0168. The van der Waals surface area contributed by atoms with E-state index in [2.05, 4.69) is 38.1 Å². The topological polar surface area (TPSA) is 17.1 Å². The summed E-state index contributed by atoms with van der Waals surface area (Å²) in [7, 11) is 0. The summed E-state index contributed by atoms with van der Waals surface area (Å²) >= 11 is 0. The Morgan fingerprint density at radius 2 is 1.71 bits per heavy atom. The van der Waals surface area contributed by atoms with Gasteiger partial charge in [0.1, 0.15) is 6.29 Å². The van der Waals surface area contributed by atoms with Crippen molar-refractivity contribution in [3.05, 3.63) is 35.4 Å². The lowest BCUT2D eigenvalue weighted by atomic mass is 9.98. The van der Waals surface area contributed by atoms with E-state index in [9.17, 15) is 4.79 Å². The molecule has 0 saturated carbocycles. The van der Waals surface area contributed by atoms with Crippen LogP contribution in [0.15, 0.2) is 24.3 Å². The van der Waals surface area contributed by atoms with E-state index < -0.39 is 0 Å². The van der Waals surface area contributed by atoms with Gasteiger partial charge in [0.05, 0.1) is 0 Å². The van der Waals surface area contributed by atoms with Gasteiger partial charge in [0.2, 0.25) is 0 Å². The largest absolute Gasteiger partial charge is 0.303 e. The van der Waals surface area contributed by atoms with Crippen LogP contribution in [0.5, 0.6) is 0 Å². The lowest BCUT2D eigenvalue weighted by Crippen LogP contribution is -1.97. The number of carbonyl (C=O) groups excluding carboxylic acids is 1. The summed E-state index contributed by atoms with van der Waals surface area (Å²) in [5.41, 5.74) is 2.45. The van der Waals surface area contributed by atoms with Gasteiger partial charge in [-0.05, 0) is 23.5 Å². The monoisotopic (exact) mass is 190 g/mol. The van der Waals surface area contributed by atoms with Gasteiger partial charge in [-0.25, -0.2) is 0 Å². The zero-order valence-corrected chi connectivity index (χ0v) is 9.16. The van der Waals surface area contributed by atoms with Crippen LogP contribution in [0, 0.1) is 5.92 Å². The average molecular weight is 190 g/mol. The van der Waals surface area contributed by atoms with Gasteiger partial charge in [-0.1, -0.05) is 45.0 Å². The van der Waals surface area contributed by atoms with Crippen LogP contribution in [-0.2, 0) is 11.2 Å². The lowest BCUT2D eigenvalue weighted by Gasteiger charge is -2.07. The van der Waals surface area contributed by atoms with Gasteiger partial charge in [0.15, 0.2) is 0 Å². The van der Waals surface area contributed by atoms with Crippen molar-refractivity contribution in [2.24, 2.45) is 5.92 Å². The first-order chi connectivity index (χ1) is 6.63. The van der Waals surface area contributed by atoms with Crippen molar-refractivity contribution >= 4 is 6.29 Å². The quantitative estimate of drug-likeness (QED) is 0.666. The molecule has 1 aromatic rings. The number of hydrogen-bond donors (Lipinski definition) is 0. The van der Waals surface area contributed by atoms with E-state index in [1.54, 1.807) is 0 Å². The van der Waals surface area contributed by atoms with Crippen molar-refractivity contribution in [2.45, 2.75) is 33.1 Å². The fourth-order valence-electron chi connectivity index (χ4n) is 1.51. The smallest absolute Gasteiger partial charge is 0.127 e. The minimum atomic E-state index is 0.0168. The summed E-state index contributed by atoms with van der Waals surface area (Å²) in [6.45, 7) is 6.34. The van der Waals surface area contributed by atoms with Crippen molar-refractivity contribution in [1.82, 2.24) is 0 Å². The van der Waals surface area contributed by atoms with E-state index in [1.165, 1.54) is 5.56 Å². The van der Waals surface area contributed by atoms with Crippen LogP contribution in [0.1, 0.15) is 37.8 Å². The Hall–Kier alpha value is -1.11. The van der Waals surface area contributed by atoms with E-state index in [4.69, 9.17) is 0 Å². The molecule has 1 unspecified atom stereocenters. The Morgan fingerprint density at radius 3 is 2.14 bits per heavy atom. The predicted molar refractivity (Wildman–Crippen MR) is 59.5 cm³/mol. The van der Waals surface area contributed by atoms with Crippen LogP contribution in [0.2, 0.25) is 0 Å². The molecule has 0 spiro atoms. The van der Waals surface area contributed by atoms with Crippen LogP contribution in [0.4, 0.5) is 0 Å². The molecule has 0 N–H and O–H groups in total. The Kier molecular flexibility index (Phi) is 3.87. The zero-order chi connectivity index (χ0) is 10.6. The summed E-state index contributed by atoms with van der Waals surface area (Å²) < 4.78 is 0. The van der Waals surface area contributed by atoms with Crippen LogP contribution >= 0.6 is 0 Å². The van der Waals surface area contributed by atoms with Gasteiger partial charge in [-0.15, -0.1) is 0 Å². The molecule has 0 aliphatic heterocycles. The molecule has 1 rings (SSSR count). The molecule has 1 heteroatoms. The summed E-state index contributed by atoms with van der Waals surface area (Å²) in [6, 6.07) is 8.35. The highest BCUT2D eigenvalue weighted by molar-refractivity contribution is 5.61. The predicted octanol–water partition coefficient (Wildman–Crippen LogP) is 3.19. The van der Waals surface area contributed by atoms with Crippen molar-refractivity contribution in [1.29, 1.82) is 0 Å². The lowest BCUT2D eigenvalue weighted by molar-refractivity contribution is -0.108. The van der Waals surface area contributed by atoms with Gasteiger partial charge in [-0.2, -0.15) is 0 Å². The minimum Gasteiger partial charge on any atom is -0.303 e. The first-order valence-electron chi connectivity index (χ1n) is 5.17. The van der Waals surface area contributed by atoms with Gasteiger partial charge in [0.25, 0.3) is 0 Å². The molecule has 0 aromatic heterocycles.